The van der Waals surface area contributed by atoms with Gasteiger partial charge in [-0.05, 0) is 42.7 Å². The Kier molecular flexibility index (Phi) is 4.94. The van der Waals surface area contributed by atoms with Crippen molar-refractivity contribution in [2.75, 3.05) is 0 Å². The van der Waals surface area contributed by atoms with Crippen LogP contribution in [0, 0.1) is 6.92 Å². The summed E-state index contributed by atoms with van der Waals surface area (Å²) in [5, 5.41) is 9.04. The third-order valence-corrected chi connectivity index (χ3v) is 3.49. The largest absolute Gasteiger partial charge is 0.489 e. The molecule has 4 heteroatoms. The second-order valence-electron chi connectivity index (χ2n) is 5.12. The molecule has 22 heavy (non-hydrogen) atoms. The minimum Gasteiger partial charge on any atom is -0.489 e. The predicted octanol–water partition coefficient (Wildman–Crippen LogP) is 3.40. The number of hydrogen-bond donors (Lipinski definition) is 1. The van der Waals surface area contributed by atoms with E-state index >= 15 is 0 Å². The van der Waals surface area contributed by atoms with Crippen LogP contribution in [0.25, 0.3) is 0 Å². The van der Waals surface area contributed by atoms with Crippen molar-refractivity contribution in [1.82, 2.24) is 0 Å². The van der Waals surface area contributed by atoms with Gasteiger partial charge in [-0.15, -0.1) is 0 Å². The van der Waals surface area contributed by atoms with Crippen LogP contribution >= 0.6 is 0 Å². The van der Waals surface area contributed by atoms with Crippen molar-refractivity contribution in [3.8, 4) is 5.75 Å². The lowest BCUT2D eigenvalue weighted by molar-refractivity contribution is -0.136. The molecule has 0 fully saturated rings. The summed E-state index contributed by atoms with van der Waals surface area (Å²) < 4.78 is 5.78. The van der Waals surface area contributed by atoms with Gasteiger partial charge in [-0.25, -0.2) is 0 Å². The van der Waals surface area contributed by atoms with E-state index < -0.39 is 5.97 Å². The molecular formula is C18H18O4. The first-order valence-corrected chi connectivity index (χ1v) is 7.01. The molecule has 1 N–H and O–H groups in total. The molecule has 0 radical (unpaired) electrons. The minimum absolute atomic E-state index is 0.144. The van der Waals surface area contributed by atoms with E-state index in [2.05, 4.69) is 0 Å². The van der Waals surface area contributed by atoms with Crippen LogP contribution < -0.4 is 4.74 Å². The smallest absolute Gasteiger partial charge is 0.307 e. The highest BCUT2D eigenvalue weighted by atomic mass is 16.5. The lowest BCUT2D eigenvalue weighted by Gasteiger charge is -2.15. The highest BCUT2D eigenvalue weighted by molar-refractivity contribution is 5.97. The minimum atomic E-state index is -0.967. The van der Waals surface area contributed by atoms with Gasteiger partial charge in [0.1, 0.15) is 12.4 Å². The van der Waals surface area contributed by atoms with Crippen molar-refractivity contribution in [3.63, 3.8) is 0 Å². The standard InChI is InChI=1S/C18H18O4/c1-12-16(10-18(20)21)15(13(2)19)8-9-17(12)22-11-14-6-4-3-5-7-14/h3-9H,10-11H2,1-2H3,(H,20,21). The van der Waals surface area contributed by atoms with Crippen molar-refractivity contribution in [2.24, 2.45) is 0 Å². The molecule has 0 spiro atoms. The summed E-state index contributed by atoms with van der Waals surface area (Å²) in [7, 11) is 0. The van der Waals surface area contributed by atoms with Crippen LogP contribution in [0.5, 0.6) is 5.75 Å². The van der Waals surface area contributed by atoms with E-state index in [0.29, 0.717) is 29.0 Å². The number of carboxylic acid groups (broad SMARTS) is 1. The molecule has 2 aromatic carbocycles. The second-order valence-corrected chi connectivity index (χ2v) is 5.12. The number of benzene rings is 2. The zero-order chi connectivity index (χ0) is 16.1. The number of hydrogen-bond acceptors (Lipinski definition) is 3. The van der Waals surface area contributed by atoms with Gasteiger partial charge in [-0.1, -0.05) is 30.3 Å². The Morgan fingerprint density at radius 1 is 1.09 bits per heavy atom. The molecule has 0 aliphatic carbocycles. The number of Topliss-reactive ketones (excluding diaryl/α,β-unsaturated/α-hetero) is 1. The van der Waals surface area contributed by atoms with Gasteiger partial charge in [0.15, 0.2) is 5.78 Å². The van der Waals surface area contributed by atoms with Crippen molar-refractivity contribution >= 4 is 11.8 Å². The zero-order valence-corrected chi connectivity index (χ0v) is 12.6. The van der Waals surface area contributed by atoms with E-state index in [1.54, 1.807) is 19.1 Å². The lowest BCUT2D eigenvalue weighted by atomic mass is 9.96. The molecular weight excluding hydrogens is 280 g/mol. The maximum absolute atomic E-state index is 11.7. The van der Waals surface area contributed by atoms with E-state index in [4.69, 9.17) is 9.84 Å². The van der Waals surface area contributed by atoms with E-state index in [0.717, 1.165) is 5.56 Å². The number of ether oxygens (including phenoxy) is 1. The van der Waals surface area contributed by atoms with Gasteiger partial charge in [0.2, 0.25) is 0 Å². The normalized spacial score (nSPS) is 10.3. The Bertz CT molecular complexity index is 690. The molecule has 0 heterocycles. The quantitative estimate of drug-likeness (QED) is 0.830. The number of aliphatic carboxylic acids is 1. The third-order valence-electron chi connectivity index (χ3n) is 3.49. The van der Waals surface area contributed by atoms with Gasteiger partial charge in [0.05, 0.1) is 6.42 Å². The Balaban J connectivity index is 2.29. The molecule has 0 aliphatic heterocycles. The molecule has 0 bridgehead atoms. The van der Waals surface area contributed by atoms with Crippen LogP contribution in [0.3, 0.4) is 0 Å². The van der Waals surface area contributed by atoms with Gasteiger partial charge < -0.3 is 9.84 Å². The van der Waals surface area contributed by atoms with E-state index in [1.165, 1.54) is 6.92 Å². The molecule has 2 rings (SSSR count). The summed E-state index contributed by atoms with van der Waals surface area (Å²) in [6, 6.07) is 13.1. The fourth-order valence-electron chi connectivity index (χ4n) is 2.34. The van der Waals surface area contributed by atoms with Gasteiger partial charge in [0.25, 0.3) is 0 Å². The fraction of sp³-hybridized carbons (Fsp3) is 0.222. The van der Waals surface area contributed by atoms with Crippen molar-refractivity contribution in [2.45, 2.75) is 26.9 Å². The van der Waals surface area contributed by atoms with Crippen LogP contribution in [0.15, 0.2) is 42.5 Å². The summed E-state index contributed by atoms with van der Waals surface area (Å²) in [6.07, 6.45) is -0.191. The second kappa shape index (κ2) is 6.89. The first-order chi connectivity index (χ1) is 10.5. The first-order valence-electron chi connectivity index (χ1n) is 7.01. The molecule has 0 unspecified atom stereocenters. The van der Waals surface area contributed by atoms with Crippen molar-refractivity contribution in [3.05, 3.63) is 64.7 Å². The number of carbonyl (C=O) groups excluding carboxylic acids is 1. The number of rotatable bonds is 6. The Morgan fingerprint density at radius 2 is 1.77 bits per heavy atom. The van der Waals surface area contributed by atoms with E-state index in [1.807, 2.05) is 30.3 Å². The van der Waals surface area contributed by atoms with Crippen LogP contribution in [0.4, 0.5) is 0 Å². The maximum Gasteiger partial charge on any atom is 0.307 e. The fourth-order valence-corrected chi connectivity index (χ4v) is 2.34. The molecule has 0 aliphatic rings. The average Bonchev–Trinajstić information content (AvgIpc) is 2.48. The summed E-state index contributed by atoms with van der Waals surface area (Å²) in [6.45, 7) is 3.61. The highest BCUT2D eigenvalue weighted by Gasteiger charge is 2.16. The van der Waals surface area contributed by atoms with Crippen molar-refractivity contribution in [1.29, 1.82) is 0 Å². The molecule has 2 aromatic rings. The van der Waals surface area contributed by atoms with Gasteiger partial charge in [0, 0.05) is 5.56 Å². The topological polar surface area (TPSA) is 63.6 Å². The van der Waals surface area contributed by atoms with Gasteiger partial charge in [-0.2, -0.15) is 0 Å². The number of ketones is 1. The maximum atomic E-state index is 11.7. The van der Waals surface area contributed by atoms with Crippen LogP contribution in [0.1, 0.15) is 34.0 Å². The number of carboxylic acids is 1. The Morgan fingerprint density at radius 3 is 2.36 bits per heavy atom. The average molecular weight is 298 g/mol. The van der Waals surface area contributed by atoms with E-state index in [-0.39, 0.29) is 12.2 Å². The predicted molar refractivity (Wildman–Crippen MR) is 83.3 cm³/mol. The zero-order valence-electron chi connectivity index (χ0n) is 12.6. The number of carbonyl (C=O) groups is 2. The molecule has 114 valence electrons. The molecule has 0 aromatic heterocycles. The van der Waals surface area contributed by atoms with Crippen LogP contribution in [0.2, 0.25) is 0 Å². The summed E-state index contributed by atoms with van der Waals surface area (Å²) in [5.74, 6) is -0.509. The SMILES string of the molecule is CC(=O)c1ccc(OCc2ccccc2)c(C)c1CC(=O)O. The molecule has 0 amide bonds. The summed E-state index contributed by atoms with van der Waals surface area (Å²) in [4.78, 5) is 22.7. The van der Waals surface area contributed by atoms with Crippen LogP contribution in [-0.4, -0.2) is 16.9 Å². The summed E-state index contributed by atoms with van der Waals surface area (Å²) in [5.41, 5.74) is 2.68. The monoisotopic (exact) mass is 298 g/mol. The summed E-state index contributed by atoms with van der Waals surface area (Å²) >= 11 is 0. The van der Waals surface area contributed by atoms with Gasteiger partial charge in [-0.3, -0.25) is 9.59 Å². The highest BCUT2D eigenvalue weighted by Crippen LogP contribution is 2.26. The third kappa shape index (κ3) is 3.73. The van der Waals surface area contributed by atoms with Gasteiger partial charge >= 0.3 is 5.97 Å². The molecule has 4 nitrogen and oxygen atoms in total. The molecule has 0 saturated carbocycles. The molecule has 0 saturated heterocycles. The van der Waals surface area contributed by atoms with Crippen molar-refractivity contribution < 1.29 is 19.4 Å². The lowest BCUT2D eigenvalue weighted by Crippen LogP contribution is -2.10. The molecule has 0 atom stereocenters. The Labute approximate surface area is 129 Å². The Hall–Kier alpha value is -2.62. The van der Waals surface area contributed by atoms with Crippen LogP contribution in [-0.2, 0) is 17.8 Å². The van der Waals surface area contributed by atoms with E-state index in [9.17, 15) is 9.59 Å². The first kappa shape index (κ1) is 15.8.